The molecule has 0 saturated carbocycles. The highest BCUT2D eigenvalue weighted by Gasteiger charge is 2.35. The number of carbonyl (C=O) groups excluding carboxylic acids is 1. The molecule has 3 unspecified atom stereocenters. The fraction of sp³-hybridized carbons (Fsp3) is 0.438. The average molecular weight is 459 g/mol. The fourth-order valence-electron chi connectivity index (χ4n) is 2.68. The zero-order chi connectivity index (χ0) is 19.8. The van der Waals surface area contributed by atoms with Crippen LogP contribution in [-0.4, -0.2) is 34.1 Å². The van der Waals surface area contributed by atoms with E-state index < -0.39 is 29.4 Å². The van der Waals surface area contributed by atoms with E-state index in [-0.39, 0.29) is 46.9 Å². The molecule has 1 fully saturated rings. The number of pyridine rings is 1. The lowest BCUT2D eigenvalue weighted by Gasteiger charge is -2.13. The molecule has 1 amide bonds. The molecular weight excluding hydrogens is 443 g/mol. The summed E-state index contributed by atoms with van der Waals surface area (Å²) in [6.45, 7) is 1.70. The van der Waals surface area contributed by atoms with E-state index in [1.54, 1.807) is 6.92 Å². The van der Waals surface area contributed by atoms with Crippen LogP contribution in [0.3, 0.4) is 0 Å². The van der Waals surface area contributed by atoms with E-state index in [4.69, 9.17) is 11.6 Å². The van der Waals surface area contributed by atoms with Crippen molar-refractivity contribution in [3.05, 3.63) is 34.1 Å². The lowest BCUT2D eigenvalue weighted by atomic mass is 10.1. The van der Waals surface area contributed by atoms with Crippen molar-refractivity contribution in [3.63, 3.8) is 0 Å². The van der Waals surface area contributed by atoms with Crippen molar-refractivity contribution in [1.82, 2.24) is 20.6 Å². The van der Waals surface area contributed by atoms with Gasteiger partial charge in [-0.05, 0) is 18.6 Å². The van der Waals surface area contributed by atoms with Crippen LogP contribution >= 0.6 is 35.3 Å². The van der Waals surface area contributed by atoms with Crippen LogP contribution in [0.5, 0.6) is 0 Å². The molecule has 1 aliphatic rings. The van der Waals surface area contributed by atoms with Crippen LogP contribution in [0.25, 0.3) is 10.6 Å². The molecule has 2 N–H and O–H groups in total. The zero-order valence-electron chi connectivity index (χ0n) is 14.4. The predicted molar refractivity (Wildman–Crippen MR) is 100 cm³/mol. The molecule has 0 radical (unpaired) electrons. The van der Waals surface area contributed by atoms with Gasteiger partial charge in [0.05, 0.1) is 21.6 Å². The number of nitrogens with zero attached hydrogens (tertiary/aromatic N) is 2. The lowest BCUT2D eigenvalue weighted by molar-refractivity contribution is -0.137. The molecule has 12 heteroatoms. The molecule has 2 aromatic heterocycles. The van der Waals surface area contributed by atoms with Gasteiger partial charge in [-0.2, -0.15) is 13.2 Å². The second-order valence-corrected chi connectivity index (χ2v) is 7.60. The normalized spacial score (nSPS) is 22.0. The van der Waals surface area contributed by atoms with Crippen LogP contribution in [0, 0.1) is 0 Å². The number of carbonyl (C=O) groups is 1. The molecule has 3 heterocycles. The first-order valence-corrected chi connectivity index (χ1v) is 9.20. The largest absolute Gasteiger partial charge is 0.443 e. The number of hydrogen-bond donors (Lipinski definition) is 2. The van der Waals surface area contributed by atoms with E-state index in [0.29, 0.717) is 16.9 Å². The van der Waals surface area contributed by atoms with Crippen molar-refractivity contribution in [1.29, 1.82) is 0 Å². The van der Waals surface area contributed by atoms with Crippen molar-refractivity contribution in [2.45, 2.75) is 44.3 Å². The van der Waals surface area contributed by atoms with Gasteiger partial charge >= 0.3 is 6.18 Å². The van der Waals surface area contributed by atoms with Gasteiger partial charge in [0.15, 0.2) is 5.01 Å². The molecule has 0 aromatic carbocycles. The van der Waals surface area contributed by atoms with E-state index in [2.05, 4.69) is 20.6 Å². The Morgan fingerprint density at radius 1 is 1.39 bits per heavy atom. The molecule has 3 rings (SSSR count). The van der Waals surface area contributed by atoms with Gasteiger partial charge in [-0.3, -0.25) is 9.78 Å². The minimum absolute atomic E-state index is 0. The van der Waals surface area contributed by atoms with Gasteiger partial charge in [-0.15, -0.1) is 23.7 Å². The Morgan fingerprint density at radius 3 is 2.68 bits per heavy atom. The summed E-state index contributed by atoms with van der Waals surface area (Å²) in [5.74, 6) is -0.367. The van der Waals surface area contributed by atoms with Gasteiger partial charge < -0.3 is 10.6 Å². The SMILES string of the molecule is CC1NC(C(=O)NCc2cc(-c3cnc(C(F)(F)F)s3)ncc2Cl)CC1F.Cl. The number of alkyl halides is 4. The quantitative estimate of drug-likeness (QED) is 0.679. The molecule has 154 valence electrons. The lowest BCUT2D eigenvalue weighted by Crippen LogP contribution is -2.42. The summed E-state index contributed by atoms with van der Waals surface area (Å²) < 4.78 is 51.6. The van der Waals surface area contributed by atoms with Crippen LogP contribution in [0.1, 0.15) is 23.9 Å². The van der Waals surface area contributed by atoms with Crippen LogP contribution in [-0.2, 0) is 17.5 Å². The van der Waals surface area contributed by atoms with Gasteiger partial charge in [-0.25, -0.2) is 9.37 Å². The Morgan fingerprint density at radius 2 is 2.11 bits per heavy atom. The third-order valence-electron chi connectivity index (χ3n) is 4.17. The highest BCUT2D eigenvalue weighted by atomic mass is 35.5. The molecule has 0 aliphatic carbocycles. The maximum atomic E-state index is 13.5. The number of halogens is 6. The van der Waals surface area contributed by atoms with Crippen molar-refractivity contribution >= 4 is 41.3 Å². The number of rotatable bonds is 4. The van der Waals surface area contributed by atoms with E-state index in [1.807, 2.05) is 0 Å². The maximum Gasteiger partial charge on any atom is 0.443 e. The first-order valence-electron chi connectivity index (χ1n) is 8.01. The number of aromatic nitrogens is 2. The van der Waals surface area contributed by atoms with E-state index in [0.717, 1.165) is 6.20 Å². The highest BCUT2D eigenvalue weighted by Crippen LogP contribution is 2.36. The number of amides is 1. The smallest absolute Gasteiger partial charge is 0.351 e. The van der Waals surface area contributed by atoms with Crippen molar-refractivity contribution in [2.24, 2.45) is 0 Å². The molecule has 1 saturated heterocycles. The van der Waals surface area contributed by atoms with Crippen LogP contribution in [0.4, 0.5) is 17.6 Å². The minimum Gasteiger partial charge on any atom is -0.351 e. The second kappa shape index (κ2) is 8.89. The van der Waals surface area contributed by atoms with E-state index in [9.17, 15) is 22.4 Å². The topological polar surface area (TPSA) is 66.9 Å². The molecule has 5 nitrogen and oxygen atoms in total. The molecule has 3 atom stereocenters. The first-order chi connectivity index (χ1) is 12.6. The molecule has 28 heavy (non-hydrogen) atoms. The van der Waals surface area contributed by atoms with Crippen LogP contribution in [0.15, 0.2) is 18.5 Å². The summed E-state index contributed by atoms with van der Waals surface area (Å²) in [6, 6.07) is 0.468. The maximum absolute atomic E-state index is 13.5. The molecular formula is C16H16Cl2F4N4OS. The Labute approximate surface area is 173 Å². The fourth-order valence-corrected chi connectivity index (χ4v) is 3.60. The number of thiazole rings is 1. The third-order valence-corrected chi connectivity index (χ3v) is 5.58. The van der Waals surface area contributed by atoms with Crippen LogP contribution in [0.2, 0.25) is 5.02 Å². The van der Waals surface area contributed by atoms with Crippen molar-refractivity contribution in [3.8, 4) is 10.6 Å². The van der Waals surface area contributed by atoms with E-state index >= 15 is 0 Å². The Balaban J connectivity index is 0.00000280. The Hall–Kier alpha value is -1.49. The summed E-state index contributed by atoms with van der Waals surface area (Å²) in [4.78, 5) is 19.8. The predicted octanol–water partition coefficient (Wildman–Crippen LogP) is 4.00. The average Bonchev–Trinajstić information content (AvgIpc) is 3.21. The van der Waals surface area contributed by atoms with Gasteiger partial charge in [0.2, 0.25) is 5.91 Å². The zero-order valence-corrected chi connectivity index (χ0v) is 16.8. The molecule has 0 bridgehead atoms. The third kappa shape index (κ3) is 5.11. The van der Waals surface area contributed by atoms with Gasteiger partial charge in [0.25, 0.3) is 0 Å². The van der Waals surface area contributed by atoms with Crippen LogP contribution < -0.4 is 10.6 Å². The standard InChI is InChI=1S/C16H15ClF4N4OS.ClH/c1-7-10(18)3-12(25-7)14(26)23-4-8-2-11(22-5-9(8)17)13-6-24-15(27-13)16(19,20)21;/h2,5-7,10,12,25H,3-4H2,1H3,(H,23,26);1H. The first kappa shape index (κ1) is 22.8. The molecule has 0 spiro atoms. The Bertz CT molecular complexity index is 838. The minimum atomic E-state index is -4.52. The van der Waals surface area contributed by atoms with Crippen molar-refractivity contribution in [2.75, 3.05) is 0 Å². The monoisotopic (exact) mass is 458 g/mol. The van der Waals surface area contributed by atoms with E-state index in [1.165, 1.54) is 12.3 Å². The molecule has 1 aliphatic heterocycles. The summed E-state index contributed by atoms with van der Waals surface area (Å²) in [6.07, 6.45) is -3.13. The van der Waals surface area contributed by atoms with Gasteiger partial charge in [-0.1, -0.05) is 11.6 Å². The summed E-state index contributed by atoms with van der Waals surface area (Å²) >= 11 is 6.54. The summed E-state index contributed by atoms with van der Waals surface area (Å²) in [7, 11) is 0. The molecule has 2 aromatic rings. The Kier molecular flexibility index (Phi) is 7.24. The van der Waals surface area contributed by atoms with Gasteiger partial charge in [0, 0.05) is 31.4 Å². The number of hydrogen-bond acceptors (Lipinski definition) is 5. The summed E-state index contributed by atoms with van der Waals surface area (Å²) in [5, 5.41) is 4.81. The second-order valence-electron chi connectivity index (χ2n) is 6.17. The highest BCUT2D eigenvalue weighted by molar-refractivity contribution is 7.15. The summed E-state index contributed by atoms with van der Waals surface area (Å²) in [5.41, 5.74) is 0.757. The van der Waals surface area contributed by atoms with Gasteiger partial charge in [0.1, 0.15) is 6.17 Å². The number of nitrogens with one attached hydrogen (secondary N) is 2. The van der Waals surface area contributed by atoms with Crippen molar-refractivity contribution < 1.29 is 22.4 Å².